The second-order valence-corrected chi connectivity index (χ2v) is 2.11. The molecule has 0 amide bonds. The summed E-state index contributed by atoms with van der Waals surface area (Å²) in [5.74, 6) is 0.280. The molecule has 0 N–H and O–H groups in total. The minimum Gasteiger partial charge on any atom is -0.465 e. The Morgan fingerprint density at radius 3 is 3.00 bits per heavy atom. The van der Waals surface area contributed by atoms with Gasteiger partial charge in [0.15, 0.2) is 5.78 Å². The van der Waals surface area contributed by atoms with E-state index in [2.05, 4.69) is 0 Å². The Hall–Kier alpha value is -1.25. The van der Waals surface area contributed by atoms with E-state index in [1.54, 1.807) is 6.07 Å². The van der Waals surface area contributed by atoms with Crippen LogP contribution < -0.4 is 4.74 Å². The van der Waals surface area contributed by atoms with Gasteiger partial charge in [-0.05, 0) is 19.9 Å². The molecular weight excluding hydrogens is 144 g/mol. The summed E-state index contributed by atoms with van der Waals surface area (Å²) in [6.07, 6.45) is 1.45. The Labute approximate surface area is 65.0 Å². The van der Waals surface area contributed by atoms with Crippen LogP contribution in [0.15, 0.2) is 16.7 Å². The van der Waals surface area contributed by atoms with Crippen LogP contribution in [-0.4, -0.2) is 12.4 Å². The second-order valence-electron chi connectivity index (χ2n) is 2.11. The molecule has 0 saturated heterocycles. The number of furan rings is 1. The third-order valence-electron chi connectivity index (χ3n) is 1.28. The number of carbonyl (C=O) groups excluding carboxylic acids is 1. The summed E-state index contributed by atoms with van der Waals surface area (Å²) in [6.45, 7) is 3.83. The van der Waals surface area contributed by atoms with E-state index >= 15 is 0 Å². The van der Waals surface area contributed by atoms with Crippen LogP contribution in [0.3, 0.4) is 0 Å². The Balaban J connectivity index is 2.87. The second kappa shape index (κ2) is 3.23. The van der Waals surface area contributed by atoms with E-state index in [0.29, 0.717) is 18.1 Å². The fourth-order valence-electron chi connectivity index (χ4n) is 0.799. The third kappa shape index (κ3) is 1.61. The van der Waals surface area contributed by atoms with Crippen molar-refractivity contribution in [2.24, 2.45) is 0 Å². The highest BCUT2D eigenvalue weighted by Gasteiger charge is 2.10. The van der Waals surface area contributed by atoms with Crippen LogP contribution in [-0.2, 0) is 0 Å². The SMILES string of the molecule is CCOc1occc1C(C)=O. The molecule has 0 saturated carbocycles. The molecule has 11 heavy (non-hydrogen) atoms. The number of Topliss-reactive ketones (excluding diaryl/α,β-unsaturated/α-hetero) is 1. The molecule has 1 rings (SSSR count). The van der Waals surface area contributed by atoms with Gasteiger partial charge in [-0.15, -0.1) is 0 Å². The Morgan fingerprint density at radius 2 is 2.45 bits per heavy atom. The molecule has 0 atom stereocenters. The van der Waals surface area contributed by atoms with Crippen LogP contribution >= 0.6 is 0 Å². The molecule has 0 aliphatic carbocycles. The standard InChI is InChI=1S/C8H10O3/c1-3-10-8-7(6(2)9)4-5-11-8/h4-5H,3H2,1-2H3. The van der Waals surface area contributed by atoms with Crippen LogP contribution in [0.4, 0.5) is 0 Å². The first-order valence-corrected chi connectivity index (χ1v) is 3.47. The van der Waals surface area contributed by atoms with Gasteiger partial charge in [0.05, 0.1) is 12.9 Å². The summed E-state index contributed by atoms with van der Waals surface area (Å²) in [6, 6.07) is 1.60. The summed E-state index contributed by atoms with van der Waals surface area (Å²) >= 11 is 0. The quantitative estimate of drug-likeness (QED) is 0.624. The lowest BCUT2D eigenvalue weighted by atomic mass is 10.2. The number of ketones is 1. The maximum atomic E-state index is 10.9. The molecule has 0 bridgehead atoms. The van der Waals surface area contributed by atoms with Gasteiger partial charge < -0.3 is 9.15 Å². The number of hydrogen-bond acceptors (Lipinski definition) is 3. The first kappa shape index (κ1) is 7.85. The average Bonchev–Trinajstić information content (AvgIpc) is 2.36. The smallest absolute Gasteiger partial charge is 0.295 e. The van der Waals surface area contributed by atoms with Gasteiger partial charge in [0.1, 0.15) is 5.56 Å². The van der Waals surface area contributed by atoms with Crippen LogP contribution in [0.25, 0.3) is 0 Å². The molecule has 3 nitrogen and oxygen atoms in total. The largest absolute Gasteiger partial charge is 0.465 e. The van der Waals surface area contributed by atoms with Crippen molar-refractivity contribution < 1.29 is 13.9 Å². The number of ether oxygens (including phenoxy) is 1. The van der Waals surface area contributed by atoms with E-state index in [1.165, 1.54) is 13.2 Å². The summed E-state index contributed by atoms with van der Waals surface area (Å²) < 4.78 is 9.97. The van der Waals surface area contributed by atoms with Crippen molar-refractivity contribution in [1.82, 2.24) is 0 Å². The van der Waals surface area contributed by atoms with Crippen molar-refractivity contribution in [3.8, 4) is 5.95 Å². The topological polar surface area (TPSA) is 39.4 Å². The fraction of sp³-hybridized carbons (Fsp3) is 0.375. The van der Waals surface area contributed by atoms with Crippen molar-refractivity contribution in [3.63, 3.8) is 0 Å². The molecule has 1 aromatic rings. The predicted molar refractivity (Wildman–Crippen MR) is 39.9 cm³/mol. The first-order valence-electron chi connectivity index (χ1n) is 3.47. The van der Waals surface area contributed by atoms with Gasteiger partial charge in [0.25, 0.3) is 5.95 Å². The average molecular weight is 154 g/mol. The van der Waals surface area contributed by atoms with Gasteiger partial charge in [0, 0.05) is 0 Å². The van der Waals surface area contributed by atoms with Gasteiger partial charge in [-0.25, -0.2) is 0 Å². The predicted octanol–water partition coefficient (Wildman–Crippen LogP) is 1.88. The molecule has 1 heterocycles. The van der Waals surface area contributed by atoms with E-state index in [-0.39, 0.29) is 5.78 Å². The Morgan fingerprint density at radius 1 is 1.73 bits per heavy atom. The molecule has 0 aromatic carbocycles. The van der Waals surface area contributed by atoms with Gasteiger partial charge in [-0.2, -0.15) is 0 Å². The first-order chi connectivity index (χ1) is 5.25. The van der Waals surface area contributed by atoms with Crippen LogP contribution in [0.2, 0.25) is 0 Å². The van der Waals surface area contributed by atoms with E-state index in [0.717, 1.165) is 0 Å². The highest BCUT2D eigenvalue weighted by molar-refractivity contribution is 5.96. The zero-order chi connectivity index (χ0) is 8.27. The van der Waals surface area contributed by atoms with Gasteiger partial charge in [-0.3, -0.25) is 4.79 Å². The van der Waals surface area contributed by atoms with Crippen LogP contribution in [0, 0.1) is 0 Å². The highest BCUT2D eigenvalue weighted by atomic mass is 16.6. The normalized spacial score (nSPS) is 9.64. The van der Waals surface area contributed by atoms with Crippen molar-refractivity contribution >= 4 is 5.78 Å². The van der Waals surface area contributed by atoms with Crippen LogP contribution in [0.5, 0.6) is 5.95 Å². The Bertz CT molecular complexity index is 250. The van der Waals surface area contributed by atoms with E-state index in [4.69, 9.17) is 9.15 Å². The van der Waals surface area contributed by atoms with Crippen molar-refractivity contribution in [3.05, 3.63) is 17.9 Å². The zero-order valence-corrected chi connectivity index (χ0v) is 6.59. The maximum absolute atomic E-state index is 10.9. The van der Waals surface area contributed by atoms with Crippen molar-refractivity contribution in [2.45, 2.75) is 13.8 Å². The molecule has 0 spiro atoms. The lowest BCUT2D eigenvalue weighted by Crippen LogP contribution is -1.96. The molecule has 0 radical (unpaired) electrons. The monoisotopic (exact) mass is 154 g/mol. The van der Waals surface area contributed by atoms with Crippen molar-refractivity contribution in [1.29, 1.82) is 0 Å². The maximum Gasteiger partial charge on any atom is 0.295 e. The summed E-state index contributed by atoms with van der Waals surface area (Å²) in [7, 11) is 0. The summed E-state index contributed by atoms with van der Waals surface area (Å²) in [5.41, 5.74) is 0.506. The number of hydrogen-bond donors (Lipinski definition) is 0. The third-order valence-corrected chi connectivity index (χ3v) is 1.28. The zero-order valence-electron chi connectivity index (χ0n) is 6.59. The van der Waals surface area contributed by atoms with E-state index in [1.807, 2.05) is 6.92 Å². The van der Waals surface area contributed by atoms with Crippen LogP contribution in [0.1, 0.15) is 24.2 Å². The van der Waals surface area contributed by atoms with Gasteiger partial charge >= 0.3 is 0 Å². The molecule has 3 heteroatoms. The van der Waals surface area contributed by atoms with Gasteiger partial charge in [-0.1, -0.05) is 0 Å². The summed E-state index contributed by atoms with van der Waals surface area (Å²) in [5, 5.41) is 0. The molecule has 1 aromatic heterocycles. The van der Waals surface area contributed by atoms with Gasteiger partial charge in [0.2, 0.25) is 0 Å². The fourth-order valence-corrected chi connectivity index (χ4v) is 0.799. The molecule has 0 aliphatic heterocycles. The molecule has 0 unspecified atom stereocenters. The minimum absolute atomic E-state index is 0.0396. The minimum atomic E-state index is -0.0396. The number of carbonyl (C=O) groups is 1. The van der Waals surface area contributed by atoms with E-state index < -0.39 is 0 Å². The molecule has 60 valence electrons. The molecule has 0 aliphatic rings. The lowest BCUT2D eigenvalue weighted by molar-refractivity contribution is 0.101. The highest BCUT2D eigenvalue weighted by Crippen LogP contribution is 2.19. The van der Waals surface area contributed by atoms with Crippen molar-refractivity contribution in [2.75, 3.05) is 6.61 Å². The molecular formula is C8H10O3. The molecule has 0 fully saturated rings. The number of rotatable bonds is 3. The van der Waals surface area contributed by atoms with E-state index in [9.17, 15) is 4.79 Å². The summed E-state index contributed by atoms with van der Waals surface area (Å²) in [4.78, 5) is 10.9. The lowest BCUT2D eigenvalue weighted by Gasteiger charge is -1.98. The Kier molecular flexibility index (Phi) is 2.31.